The Morgan fingerprint density at radius 3 is 2.82 bits per heavy atom. The summed E-state index contributed by atoms with van der Waals surface area (Å²) in [7, 11) is 0. The van der Waals surface area contributed by atoms with Crippen molar-refractivity contribution in [2.75, 3.05) is 6.61 Å². The Kier molecular flexibility index (Phi) is 2.71. The smallest absolute Gasteiger partial charge is 0.227 e. The number of aryl methyl sites for hydroxylation is 2. The van der Waals surface area contributed by atoms with Gasteiger partial charge in [-0.05, 0) is 55.4 Å². The maximum atomic E-state index is 12.2. The van der Waals surface area contributed by atoms with Gasteiger partial charge < -0.3 is 4.74 Å². The van der Waals surface area contributed by atoms with Crippen molar-refractivity contribution in [2.24, 2.45) is 0 Å². The Bertz CT molecular complexity index is 486. The van der Waals surface area contributed by atoms with Crippen molar-refractivity contribution < 1.29 is 9.53 Å². The van der Waals surface area contributed by atoms with Crippen LogP contribution in [0, 0.1) is 0 Å². The van der Waals surface area contributed by atoms with Crippen molar-refractivity contribution in [3.8, 4) is 0 Å². The van der Waals surface area contributed by atoms with Gasteiger partial charge in [0.2, 0.25) is 5.78 Å². The first-order valence-corrected chi connectivity index (χ1v) is 6.34. The van der Waals surface area contributed by atoms with Crippen LogP contribution in [0.1, 0.15) is 40.7 Å². The maximum absolute atomic E-state index is 12.2. The topological polar surface area (TPSA) is 26.3 Å². The van der Waals surface area contributed by atoms with E-state index in [0.717, 1.165) is 31.2 Å². The Labute approximate surface area is 101 Å². The maximum Gasteiger partial charge on any atom is 0.227 e. The van der Waals surface area contributed by atoms with E-state index >= 15 is 0 Å². The van der Waals surface area contributed by atoms with Crippen LogP contribution in [0.15, 0.2) is 30.0 Å². The monoisotopic (exact) mass is 228 g/mol. The number of ketones is 1. The van der Waals surface area contributed by atoms with Gasteiger partial charge in [0.25, 0.3) is 0 Å². The van der Waals surface area contributed by atoms with Gasteiger partial charge >= 0.3 is 0 Å². The highest BCUT2D eigenvalue weighted by molar-refractivity contribution is 6.07. The predicted octanol–water partition coefficient (Wildman–Crippen LogP) is 3.05. The Balaban J connectivity index is 1.88. The number of hydrogen-bond donors (Lipinski definition) is 0. The summed E-state index contributed by atoms with van der Waals surface area (Å²) in [6.07, 6.45) is 7.36. The van der Waals surface area contributed by atoms with E-state index in [0.29, 0.717) is 12.4 Å². The van der Waals surface area contributed by atoms with Crippen molar-refractivity contribution in [3.05, 3.63) is 46.7 Å². The van der Waals surface area contributed by atoms with Gasteiger partial charge in [-0.25, -0.2) is 0 Å². The fourth-order valence-corrected chi connectivity index (χ4v) is 2.57. The van der Waals surface area contributed by atoms with E-state index in [-0.39, 0.29) is 5.78 Å². The first-order chi connectivity index (χ1) is 8.34. The number of benzene rings is 1. The van der Waals surface area contributed by atoms with Crippen LogP contribution >= 0.6 is 0 Å². The highest BCUT2D eigenvalue weighted by Gasteiger charge is 2.18. The van der Waals surface area contributed by atoms with E-state index in [1.54, 1.807) is 0 Å². The molecule has 0 spiro atoms. The van der Waals surface area contributed by atoms with Crippen molar-refractivity contribution in [1.82, 2.24) is 0 Å². The molecule has 1 aromatic carbocycles. The summed E-state index contributed by atoms with van der Waals surface area (Å²) >= 11 is 0. The van der Waals surface area contributed by atoms with E-state index in [1.807, 2.05) is 18.2 Å². The second-order valence-corrected chi connectivity index (χ2v) is 4.73. The van der Waals surface area contributed by atoms with Crippen LogP contribution in [-0.2, 0) is 17.6 Å². The summed E-state index contributed by atoms with van der Waals surface area (Å²) < 4.78 is 5.43. The molecule has 0 bridgehead atoms. The van der Waals surface area contributed by atoms with Crippen molar-refractivity contribution in [3.63, 3.8) is 0 Å². The van der Waals surface area contributed by atoms with Crippen LogP contribution in [-0.4, -0.2) is 12.4 Å². The summed E-state index contributed by atoms with van der Waals surface area (Å²) in [6, 6.07) is 6.08. The zero-order valence-corrected chi connectivity index (χ0v) is 9.87. The fraction of sp³-hybridized carbons (Fsp3) is 0.400. The lowest BCUT2D eigenvalue weighted by molar-refractivity contribution is 0.0899. The van der Waals surface area contributed by atoms with Crippen molar-refractivity contribution >= 4 is 5.78 Å². The largest absolute Gasteiger partial charge is 0.490 e. The molecule has 0 saturated carbocycles. The minimum Gasteiger partial charge on any atom is -0.490 e. The van der Waals surface area contributed by atoms with Crippen LogP contribution in [0.5, 0.6) is 0 Å². The van der Waals surface area contributed by atoms with Crippen LogP contribution in [0.4, 0.5) is 0 Å². The molecule has 88 valence electrons. The average molecular weight is 228 g/mol. The Morgan fingerprint density at radius 2 is 2.00 bits per heavy atom. The van der Waals surface area contributed by atoms with Gasteiger partial charge in [-0.2, -0.15) is 0 Å². The molecule has 0 unspecified atom stereocenters. The van der Waals surface area contributed by atoms with Gasteiger partial charge in [-0.1, -0.05) is 12.1 Å². The molecule has 1 aromatic rings. The molecule has 0 fully saturated rings. The molecule has 0 N–H and O–H groups in total. The molecule has 3 rings (SSSR count). The standard InChI is InChI=1S/C15H16O2/c16-15(14-6-1-2-9-17-14)13-8-7-11-4-3-5-12(11)10-13/h6-8,10H,1-5,9H2. The number of carbonyl (C=O) groups is 1. The molecule has 2 aliphatic rings. The quantitative estimate of drug-likeness (QED) is 0.727. The molecule has 0 saturated heterocycles. The number of fused-ring (bicyclic) bond motifs is 1. The predicted molar refractivity (Wildman–Crippen MR) is 66.1 cm³/mol. The second-order valence-electron chi connectivity index (χ2n) is 4.73. The average Bonchev–Trinajstić information content (AvgIpc) is 2.86. The Morgan fingerprint density at radius 1 is 1.12 bits per heavy atom. The number of Topliss-reactive ketones (excluding diaryl/α,β-unsaturated/α-hetero) is 1. The molecule has 2 heteroatoms. The van der Waals surface area contributed by atoms with E-state index < -0.39 is 0 Å². The molecule has 1 aliphatic carbocycles. The third-order valence-corrected chi connectivity index (χ3v) is 3.52. The molecular weight excluding hydrogens is 212 g/mol. The molecule has 1 aliphatic heterocycles. The number of ether oxygens (including phenoxy) is 1. The highest BCUT2D eigenvalue weighted by atomic mass is 16.5. The third-order valence-electron chi connectivity index (χ3n) is 3.52. The van der Waals surface area contributed by atoms with Gasteiger partial charge in [0.1, 0.15) is 0 Å². The molecule has 1 heterocycles. The first-order valence-electron chi connectivity index (χ1n) is 6.34. The fourth-order valence-electron chi connectivity index (χ4n) is 2.57. The van der Waals surface area contributed by atoms with Crippen molar-refractivity contribution in [2.45, 2.75) is 32.1 Å². The first kappa shape index (κ1) is 10.6. The molecule has 0 amide bonds. The molecule has 0 atom stereocenters. The summed E-state index contributed by atoms with van der Waals surface area (Å²) in [5.41, 5.74) is 3.52. The number of carbonyl (C=O) groups excluding carboxylic acids is 1. The SMILES string of the molecule is O=C(C1=CCCCO1)c1ccc2c(c1)CCC2. The summed E-state index contributed by atoms with van der Waals surface area (Å²) in [6.45, 7) is 0.669. The van der Waals surface area contributed by atoms with Crippen molar-refractivity contribution in [1.29, 1.82) is 0 Å². The van der Waals surface area contributed by atoms with Crippen LogP contribution in [0.25, 0.3) is 0 Å². The van der Waals surface area contributed by atoms with E-state index in [9.17, 15) is 4.79 Å². The van der Waals surface area contributed by atoms with Gasteiger partial charge in [0, 0.05) is 5.56 Å². The van der Waals surface area contributed by atoms with E-state index in [1.165, 1.54) is 17.5 Å². The minimum atomic E-state index is 0.0411. The lowest BCUT2D eigenvalue weighted by Crippen LogP contribution is -2.11. The summed E-state index contributed by atoms with van der Waals surface area (Å²) in [4.78, 5) is 12.2. The zero-order chi connectivity index (χ0) is 11.7. The van der Waals surface area contributed by atoms with Gasteiger partial charge in [-0.15, -0.1) is 0 Å². The number of allylic oxidation sites excluding steroid dienone is 2. The molecule has 17 heavy (non-hydrogen) atoms. The molecule has 0 radical (unpaired) electrons. The Hall–Kier alpha value is -1.57. The zero-order valence-electron chi connectivity index (χ0n) is 9.87. The lowest BCUT2D eigenvalue weighted by Gasteiger charge is -2.14. The summed E-state index contributed by atoms with van der Waals surface area (Å²) in [5.74, 6) is 0.577. The lowest BCUT2D eigenvalue weighted by atomic mass is 10.0. The van der Waals surface area contributed by atoms with Gasteiger partial charge in [0.05, 0.1) is 6.61 Å². The minimum absolute atomic E-state index is 0.0411. The molecule has 2 nitrogen and oxygen atoms in total. The second kappa shape index (κ2) is 4.36. The molecule has 0 aromatic heterocycles. The summed E-state index contributed by atoms with van der Waals surface area (Å²) in [5, 5.41) is 0. The van der Waals surface area contributed by atoms with E-state index in [2.05, 4.69) is 6.07 Å². The van der Waals surface area contributed by atoms with Gasteiger partial charge in [0.15, 0.2) is 5.76 Å². The molecular formula is C15H16O2. The highest BCUT2D eigenvalue weighted by Crippen LogP contribution is 2.24. The van der Waals surface area contributed by atoms with Gasteiger partial charge in [-0.3, -0.25) is 4.79 Å². The van der Waals surface area contributed by atoms with Crippen LogP contribution in [0.3, 0.4) is 0 Å². The van der Waals surface area contributed by atoms with E-state index in [4.69, 9.17) is 4.74 Å². The van der Waals surface area contributed by atoms with Crippen LogP contribution < -0.4 is 0 Å². The number of hydrogen-bond acceptors (Lipinski definition) is 2. The van der Waals surface area contributed by atoms with Crippen LogP contribution in [0.2, 0.25) is 0 Å². The third kappa shape index (κ3) is 1.99. The normalized spacial score (nSPS) is 18.2. The number of rotatable bonds is 2.